The van der Waals surface area contributed by atoms with E-state index in [4.69, 9.17) is 32.7 Å². The second-order valence-corrected chi connectivity index (χ2v) is 7.34. The molecule has 0 aliphatic carbocycles. The first-order valence-corrected chi connectivity index (χ1v) is 9.75. The maximum atomic E-state index is 12.3. The zero-order valence-corrected chi connectivity index (χ0v) is 17.6. The molecule has 29 heavy (non-hydrogen) atoms. The second-order valence-electron chi connectivity index (χ2n) is 6.50. The molecular weight excluding hydrogens is 407 g/mol. The molecule has 3 nitrogen and oxygen atoms in total. The molecule has 3 rings (SSSR count). The number of halogens is 2. The number of methoxy groups -OCH3 is 1. The van der Waals surface area contributed by atoms with Crippen molar-refractivity contribution in [1.29, 1.82) is 0 Å². The van der Waals surface area contributed by atoms with Crippen LogP contribution < -0.4 is 9.47 Å². The van der Waals surface area contributed by atoms with Crippen molar-refractivity contribution in [2.75, 3.05) is 7.11 Å². The first-order valence-electron chi connectivity index (χ1n) is 9.00. The summed E-state index contributed by atoms with van der Waals surface area (Å²) >= 11 is 12.1. The number of aryl methyl sites for hydroxylation is 1. The summed E-state index contributed by atoms with van der Waals surface area (Å²) < 4.78 is 11.3. The van der Waals surface area contributed by atoms with E-state index in [1.165, 1.54) is 0 Å². The summed E-state index contributed by atoms with van der Waals surface area (Å²) in [6.45, 7) is 2.27. The van der Waals surface area contributed by atoms with Gasteiger partial charge in [0.05, 0.1) is 7.11 Å². The third kappa shape index (κ3) is 5.63. The van der Waals surface area contributed by atoms with Crippen molar-refractivity contribution in [2.24, 2.45) is 0 Å². The third-order valence-electron chi connectivity index (χ3n) is 4.35. The summed E-state index contributed by atoms with van der Waals surface area (Å²) in [5.41, 5.74) is 3.43. The molecular formula is C24H20Cl2O3. The highest BCUT2D eigenvalue weighted by atomic mass is 35.5. The van der Waals surface area contributed by atoms with Crippen molar-refractivity contribution in [3.8, 4) is 11.5 Å². The summed E-state index contributed by atoms with van der Waals surface area (Å²) in [4.78, 5) is 12.3. The maximum Gasteiger partial charge on any atom is 0.185 e. The van der Waals surface area contributed by atoms with E-state index >= 15 is 0 Å². The monoisotopic (exact) mass is 426 g/mol. The van der Waals surface area contributed by atoms with Gasteiger partial charge in [-0.3, -0.25) is 4.79 Å². The van der Waals surface area contributed by atoms with Crippen molar-refractivity contribution in [2.45, 2.75) is 13.5 Å². The van der Waals surface area contributed by atoms with Gasteiger partial charge in [-0.15, -0.1) is 0 Å². The van der Waals surface area contributed by atoms with Gasteiger partial charge in [0, 0.05) is 21.2 Å². The van der Waals surface area contributed by atoms with E-state index in [9.17, 15) is 4.79 Å². The van der Waals surface area contributed by atoms with Gasteiger partial charge >= 0.3 is 0 Å². The van der Waals surface area contributed by atoms with Gasteiger partial charge in [-0.05, 0) is 42.8 Å². The zero-order valence-electron chi connectivity index (χ0n) is 16.1. The number of carbonyl (C=O) groups is 1. The van der Waals surface area contributed by atoms with Crippen molar-refractivity contribution in [3.05, 3.63) is 99.0 Å². The van der Waals surface area contributed by atoms with Crippen LogP contribution in [0.3, 0.4) is 0 Å². The number of benzene rings is 3. The Morgan fingerprint density at radius 3 is 2.41 bits per heavy atom. The van der Waals surface area contributed by atoms with E-state index in [0.717, 1.165) is 16.7 Å². The number of rotatable bonds is 7. The Kier molecular flexibility index (Phi) is 6.97. The first-order chi connectivity index (χ1) is 14.0. The van der Waals surface area contributed by atoms with Crippen LogP contribution in [0.15, 0.2) is 66.7 Å². The smallest absolute Gasteiger partial charge is 0.185 e. The Morgan fingerprint density at radius 2 is 1.72 bits per heavy atom. The van der Waals surface area contributed by atoms with Crippen molar-refractivity contribution in [3.63, 3.8) is 0 Å². The van der Waals surface area contributed by atoms with Gasteiger partial charge in [0.15, 0.2) is 17.3 Å². The van der Waals surface area contributed by atoms with Crippen LogP contribution in [0.4, 0.5) is 0 Å². The molecule has 0 fully saturated rings. The van der Waals surface area contributed by atoms with Gasteiger partial charge in [0.25, 0.3) is 0 Å². The maximum absolute atomic E-state index is 12.3. The average molecular weight is 427 g/mol. The Morgan fingerprint density at radius 1 is 0.966 bits per heavy atom. The Labute approximate surface area is 180 Å². The highest BCUT2D eigenvalue weighted by Crippen LogP contribution is 2.30. The number of hydrogen-bond acceptors (Lipinski definition) is 3. The molecule has 0 heterocycles. The van der Waals surface area contributed by atoms with E-state index in [2.05, 4.69) is 0 Å². The van der Waals surface area contributed by atoms with Crippen LogP contribution in [0.25, 0.3) is 6.08 Å². The van der Waals surface area contributed by atoms with Crippen LogP contribution in [-0.4, -0.2) is 12.9 Å². The molecule has 0 atom stereocenters. The van der Waals surface area contributed by atoms with E-state index < -0.39 is 0 Å². The van der Waals surface area contributed by atoms with E-state index in [1.54, 1.807) is 37.5 Å². The molecule has 148 valence electrons. The molecule has 0 saturated carbocycles. The van der Waals surface area contributed by atoms with Gasteiger partial charge in [-0.2, -0.15) is 0 Å². The van der Waals surface area contributed by atoms with Gasteiger partial charge in [0.2, 0.25) is 0 Å². The molecule has 0 spiro atoms. The Balaban J connectivity index is 1.71. The van der Waals surface area contributed by atoms with Gasteiger partial charge < -0.3 is 9.47 Å². The molecule has 3 aromatic carbocycles. The molecule has 0 amide bonds. The Bertz CT molecular complexity index is 1040. The van der Waals surface area contributed by atoms with Crippen LogP contribution in [0.2, 0.25) is 10.0 Å². The van der Waals surface area contributed by atoms with Crippen LogP contribution in [-0.2, 0) is 6.61 Å². The number of carbonyl (C=O) groups excluding carboxylic acids is 1. The fourth-order valence-corrected chi connectivity index (χ4v) is 3.15. The topological polar surface area (TPSA) is 35.5 Å². The lowest BCUT2D eigenvalue weighted by atomic mass is 10.1. The van der Waals surface area contributed by atoms with Gasteiger partial charge in [-0.1, -0.05) is 71.2 Å². The fraction of sp³-hybridized carbons (Fsp3) is 0.125. The minimum atomic E-state index is -0.0540. The minimum Gasteiger partial charge on any atom is -0.493 e. The number of ketones is 1. The van der Waals surface area contributed by atoms with Gasteiger partial charge in [-0.25, -0.2) is 0 Å². The standard InChI is InChI=1S/C24H20Cl2O3/c1-16-3-7-18(8-4-16)22(27)11-5-17-6-12-23(24(13-17)28-2)29-15-19-9-10-20(25)14-21(19)26/h3-14H,15H2,1-2H3. The lowest BCUT2D eigenvalue weighted by Crippen LogP contribution is -1.99. The third-order valence-corrected chi connectivity index (χ3v) is 4.94. The number of allylic oxidation sites excluding steroid dienone is 1. The van der Waals surface area contributed by atoms with E-state index in [-0.39, 0.29) is 12.4 Å². The van der Waals surface area contributed by atoms with Gasteiger partial charge in [0.1, 0.15) is 6.61 Å². The van der Waals surface area contributed by atoms with Crippen molar-refractivity contribution >= 4 is 35.1 Å². The van der Waals surface area contributed by atoms with Crippen molar-refractivity contribution < 1.29 is 14.3 Å². The summed E-state index contributed by atoms with van der Waals surface area (Å²) in [7, 11) is 1.57. The predicted octanol–water partition coefficient (Wildman–Crippen LogP) is 6.79. The average Bonchev–Trinajstić information content (AvgIpc) is 2.72. The molecule has 5 heteroatoms. The zero-order chi connectivity index (χ0) is 20.8. The molecule has 0 radical (unpaired) electrons. The second kappa shape index (κ2) is 9.64. The summed E-state index contributed by atoms with van der Waals surface area (Å²) in [5.74, 6) is 1.10. The number of ether oxygens (including phenoxy) is 2. The van der Waals surface area contributed by atoms with Crippen LogP contribution in [0.5, 0.6) is 11.5 Å². The molecule has 0 aromatic heterocycles. The minimum absolute atomic E-state index is 0.0540. The van der Waals surface area contributed by atoms with Crippen LogP contribution >= 0.6 is 23.2 Å². The summed E-state index contributed by atoms with van der Waals surface area (Å²) in [6.07, 6.45) is 3.30. The van der Waals surface area contributed by atoms with Crippen LogP contribution in [0, 0.1) is 6.92 Å². The molecule has 3 aromatic rings. The van der Waals surface area contributed by atoms with Crippen LogP contribution in [0.1, 0.15) is 27.0 Å². The highest BCUT2D eigenvalue weighted by molar-refractivity contribution is 6.35. The van der Waals surface area contributed by atoms with Crippen molar-refractivity contribution in [1.82, 2.24) is 0 Å². The molecule has 0 N–H and O–H groups in total. The molecule has 0 unspecified atom stereocenters. The molecule has 0 aliphatic heterocycles. The van der Waals surface area contributed by atoms with E-state index in [0.29, 0.717) is 27.1 Å². The molecule has 0 aliphatic rings. The highest BCUT2D eigenvalue weighted by Gasteiger charge is 2.08. The van der Waals surface area contributed by atoms with E-state index in [1.807, 2.05) is 49.4 Å². The lowest BCUT2D eigenvalue weighted by Gasteiger charge is -2.12. The molecule has 0 bridgehead atoms. The normalized spacial score (nSPS) is 10.9. The SMILES string of the molecule is COc1cc(C=CC(=O)c2ccc(C)cc2)ccc1OCc1ccc(Cl)cc1Cl. The molecule has 0 saturated heterocycles. The summed E-state index contributed by atoms with van der Waals surface area (Å²) in [6, 6.07) is 18.2. The predicted molar refractivity (Wildman–Crippen MR) is 118 cm³/mol. The Hall–Kier alpha value is -2.75. The fourth-order valence-electron chi connectivity index (χ4n) is 2.69. The summed E-state index contributed by atoms with van der Waals surface area (Å²) in [5, 5.41) is 1.12. The lowest BCUT2D eigenvalue weighted by molar-refractivity contribution is 0.104. The first kappa shape index (κ1) is 21.0. The number of hydrogen-bond donors (Lipinski definition) is 0. The largest absolute Gasteiger partial charge is 0.493 e. The quantitative estimate of drug-likeness (QED) is 0.308.